The molecular formula is C15H18O2. The van der Waals surface area contributed by atoms with Crippen LogP contribution in [-0.4, -0.2) is 21.4 Å². The Morgan fingerprint density at radius 1 is 0.882 bits per heavy atom. The van der Waals surface area contributed by atoms with Gasteiger partial charge in [-0.1, -0.05) is 37.3 Å². The lowest BCUT2D eigenvalue weighted by Crippen LogP contribution is -2.44. The van der Waals surface area contributed by atoms with Crippen molar-refractivity contribution >= 4 is 0 Å². The highest BCUT2D eigenvalue weighted by molar-refractivity contribution is 5.44. The predicted molar refractivity (Wildman–Crippen MR) is 64.6 cm³/mol. The number of aliphatic hydroxyl groups is 2. The van der Waals surface area contributed by atoms with Gasteiger partial charge in [0.25, 0.3) is 0 Å². The Bertz CT molecular complexity index is 475. The van der Waals surface area contributed by atoms with E-state index in [1.807, 2.05) is 6.07 Å². The number of hydrogen-bond acceptors (Lipinski definition) is 2. The van der Waals surface area contributed by atoms with E-state index in [2.05, 4.69) is 31.2 Å². The Labute approximate surface area is 101 Å². The molecule has 4 fully saturated rings. The molecule has 1 aromatic rings. The third-order valence-corrected chi connectivity index (χ3v) is 5.90. The van der Waals surface area contributed by atoms with Crippen molar-refractivity contribution in [2.75, 3.05) is 0 Å². The van der Waals surface area contributed by atoms with E-state index in [1.54, 1.807) is 0 Å². The van der Waals surface area contributed by atoms with Crippen molar-refractivity contribution in [3.63, 3.8) is 0 Å². The first-order valence-electron chi connectivity index (χ1n) is 6.44. The van der Waals surface area contributed by atoms with Crippen LogP contribution >= 0.6 is 0 Å². The van der Waals surface area contributed by atoms with Gasteiger partial charge >= 0.3 is 0 Å². The molecule has 4 atom stereocenters. The maximum Gasteiger partial charge on any atom is 0.0948 e. The molecule has 4 bridgehead atoms. The summed E-state index contributed by atoms with van der Waals surface area (Å²) in [5.74, 6) is 0. The van der Waals surface area contributed by atoms with E-state index in [4.69, 9.17) is 0 Å². The van der Waals surface area contributed by atoms with Crippen molar-refractivity contribution in [1.82, 2.24) is 0 Å². The predicted octanol–water partition coefficient (Wildman–Crippen LogP) is 1.99. The Balaban J connectivity index is 1.94. The second kappa shape index (κ2) is 2.45. The van der Waals surface area contributed by atoms with Crippen LogP contribution in [0, 0.1) is 5.41 Å². The van der Waals surface area contributed by atoms with E-state index in [9.17, 15) is 10.2 Å². The van der Waals surface area contributed by atoms with Crippen LogP contribution < -0.4 is 0 Å². The Morgan fingerprint density at radius 2 is 1.41 bits per heavy atom. The van der Waals surface area contributed by atoms with Gasteiger partial charge in [-0.3, -0.25) is 0 Å². The average molecular weight is 230 g/mol. The molecule has 1 aromatic carbocycles. The third kappa shape index (κ3) is 0.860. The van der Waals surface area contributed by atoms with Crippen LogP contribution in [0.15, 0.2) is 30.3 Å². The van der Waals surface area contributed by atoms with Crippen molar-refractivity contribution in [3.8, 4) is 0 Å². The molecule has 2 nitrogen and oxygen atoms in total. The summed E-state index contributed by atoms with van der Waals surface area (Å²) in [6.45, 7) is 2.24. The van der Waals surface area contributed by atoms with Gasteiger partial charge in [-0.2, -0.15) is 0 Å². The van der Waals surface area contributed by atoms with Crippen molar-refractivity contribution in [3.05, 3.63) is 35.9 Å². The summed E-state index contributed by atoms with van der Waals surface area (Å²) >= 11 is 0. The van der Waals surface area contributed by atoms with E-state index in [0.717, 1.165) is 25.7 Å². The lowest BCUT2D eigenvalue weighted by molar-refractivity contribution is -0.107. The maximum atomic E-state index is 10.7. The first-order valence-corrected chi connectivity index (χ1v) is 6.44. The fraction of sp³-hybridized carbons (Fsp3) is 0.600. The number of benzene rings is 1. The lowest BCUT2D eigenvalue weighted by atomic mass is 9.65. The van der Waals surface area contributed by atoms with Crippen molar-refractivity contribution < 1.29 is 10.2 Å². The summed E-state index contributed by atoms with van der Waals surface area (Å²) in [6, 6.07) is 10.5. The van der Waals surface area contributed by atoms with E-state index in [0.29, 0.717) is 0 Å². The third-order valence-electron chi connectivity index (χ3n) is 5.90. The van der Waals surface area contributed by atoms with Gasteiger partial charge in [0.15, 0.2) is 0 Å². The fourth-order valence-electron chi connectivity index (χ4n) is 5.27. The second-order valence-corrected chi connectivity index (χ2v) is 6.78. The van der Waals surface area contributed by atoms with Crippen molar-refractivity contribution in [2.45, 2.75) is 49.2 Å². The SMILES string of the molecule is CC12C[C@@]3(O)CC1(c1ccccc1)C[C@@]3(O)C2. The fourth-order valence-corrected chi connectivity index (χ4v) is 5.27. The molecule has 0 heterocycles. The zero-order valence-electron chi connectivity index (χ0n) is 10.1. The molecule has 2 unspecified atom stereocenters. The van der Waals surface area contributed by atoms with Gasteiger partial charge < -0.3 is 10.2 Å². The molecule has 2 heteroatoms. The summed E-state index contributed by atoms with van der Waals surface area (Å²) in [5.41, 5.74) is -0.308. The minimum Gasteiger partial charge on any atom is -0.387 e. The van der Waals surface area contributed by atoms with Gasteiger partial charge in [0.2, 0.25) is 0 Å². The Hall–Kier alpha value is -0.860. The van der Waals surface area contributed by atoms with Gasteiger partial charge in [0.1, 0.15) is 0 Å². The van der Waals surface area contributed by atoms with Crippen LogP contribution in [0.25, 0.3) is 0 Å². The normalized spacial score (nSPS) is 54.8. The molecule has 0 aromatic heterocycles. The Kier molecular flexibility index (Phi) is 1.46. The van der Waals surface area contributed by atoms with E-state index < -0.39 is 11.2 Å². The molecule has 0 saturated heterocycles. The highest BCUT2D eigenvalue weighted by Gasteiger charge is 2.82. The molecule has 0 spiro atoms. The summed E-state index contributed by atoms with van der Waals surface area (Å²) in [7, 11) is 0. The van der Waals surface area contributed by atoms with Gasteiger partial charge in [-0.05, 0) is 36.7 Å². The summed E-state index contributed by atoms with van der Waals surface area (Å²) in [5, 5.41) is 21.3. The van der Waals surface area contributed by atoms with Gasteiger partial charge in [0.05, 0.1) is 11.2 Å². The summed E-state index contributed by atoms with van der Waals surface area (Å²) in [4.78, 5) is 0. The van der Waals surface area contributed by atoms with Gasteiger partial charge in [0, 0.05) is 5.41 Å². The molecule has 4 aliphatic carbocycles. The van der Waals surface area contributed by atoms with Gasteiger partial charge in [-0.25, -0.2) is 0 Å². The maximum absolute atomic E-state index is 10.7. The summed E-state index contributed by atoms with van der Waals surface area (Å²) in [6.07, 6.45) is 2.98. The first-order chi connectivity index (χ1) is 7.93. The minimum atomic E-state index is -0.836. The number of hydrogen-bond donors (Lipinski definition) is 2. The highest BCUT2D eigenvalue weighted by Crippen LogP contribution is 2.79. The number of rotatable bonds is 1. The monoisotopic (exact) mass is 230 g/mol. The molecule has 90 valence electrons. The Morgan fingerprint density at radius 3 is 1.82 bits per heavy atom. The molecule has 0 amide bonds. The van der Waals surface area contributed by atoms with Crippen molar-refractivity contribution in [1.29, 1.82) is 0 Å². The van der Waals surface area contributed by atoms with Crippen molar-refractivity contribution in [2.24, 2.45) is 5.41 Å². The zero-order valence-corrected chi connectivity index (χ0v) is 10.1. The molecule has 0 aliphatic heterocycles. The largest absolute Gasteiger partial charge is 0.387 e. The lowest BCUT2D eigenvalue weighted by Gasteiger charge is -2.37. The molecule has 17 heavy (non-hydrogen) atoms. The minimum absolute atomic E-state index is 0.00222. The molecule has 2 N–H and O–H groups in total. The molecule has 4 saturated carbocycles. The molecule has 0 radical (unpaired) electrons. The van der Waals surface area contributed by atoms with Crippen LogP contribution in [-0.2, 0) is 5.41 Å². The second-order valence-electron chi connectivity index (χ2n) is 6.78. The van der Waals surface area contributed by atoms with Gasteiger partial charge in [-0.15, -0.1) is 0 Å². The molecular weight excluding hydrogens is 212 g/mol. The van der Waals surface area contributed by atoms with Crippen LogP contribution in [0.5, 0.6) is 0 Å². The van der Waals surface area contributed by atoms with Crippen LogP contribution in [0.4, 0.5) is 0 Å². The van der Waals surface area contributed by atoms with Crippen LogP contribution in [0.1, 0.15) is 38.2 Å². The van der Waals surface area contributed by atoms with E-state index in [-0.39, 0.29) is 10.8 Å². The standard InChI is InChI=1S/C15H18O2/c1-12-7-14(16)9-13(12,10-15(14,17)8-12)11-5-3-2-4-6-11/h2-6,16-17H,7-10H2,1H3/t12?,13?,14-,15+. The topological polar surface area (TPSA) is 40.5 Å². The summed E-state index contributed by atoms with van der Waals surface area (Å²) < 4.78 is 0. The smallest absolute Gasteiger partial charge is 0.0948 e. The average Bonchev–Trinajstić information content (AvgIpc) is 2.77. The molecule has 5 rings (SSSR count). The van der Waals surface area contributed by atoms with E-state index >= 15 is 0 Å². The van der Waals surface area contributed by atoms with Crippen LogP contribution in [0.3, 0.4) is 0 Å². The molecule has 4 aliphatic rings. The van der Waals surface area contributed by atoms with E-state index in [1.165, 1.54) is 5.56 Å². The first kappa shape index (κ1) is 10.1. The quantitative estimate of drug-likeness (QED) is 0.774. The highest BCUT2D eigenvalue weighted by atomic mass is 16.4. The van der Waals surface area contributed by atoms with Crippen LogP contribution in [0.2, 0.25) is 0 Å². The zero-order chi connectivity index (χ0) is 11.9.